The van der Waals surface area contributed by atoms with Crippen molar-refractivity contribution in [3.63, 3.8) is 0 Å². The smallest absolute Gasteiger partial charge is 0.325 e. The number of rotatable bonds is 6. The molecule has 0 radical (unpaired) electrons. The average molecular weight is 569 g/mol. The molecular formula is C34H40N4O4. The molecule has 1 fully saturated rings. The number of aryl methyl sites for hydroxylation is 1. The van der Waals surface area contributed by atoms with Gasteiger partial charge in [0.15, 0.2) is 0 Å². The van der Waals surface area contributed by atoms with Crippen LogP contribution < -0.4 is 10.1 Å². The molecule has 1 N–H and O–H groups in total. The number of benzene rings is 2. The first-order valence-corrected chi connectivity index (χ1v) is 15.0. The number of carbonyl (C=O) groups is 2. The molecule has 0 saturated heterocycles. The Balaban J connectivity index is 1.41. The molecule has 1 aliphatic heterocycles. The standard InChI is InChI=1S/C34H40N4O4/c1-21-22(2)38(20-29(39)41-5)33(35-21)34(3,4)36-32(40)24-15-16-25-27(19-24)37-17-18-42-28-14-10-9-13-26(28)31(37)30(25)23-11-7-6-8-12-23/h9-10,13-16,19,23H,6-8,11-12,17-18,20H2,1-5H3,(H,36,40). The van der Waals surface area contributed by atoms with Crippen molar-refractivity contribution in [1.82, 2.24) is 19.4 Å². The van der Waals surface area contributed by atoms with Crippen LogP contribution >= 0.6 is 0 Å². The highest BCUT2D eigenvalue weighted by Gasteiger charge is 2.33. The summed E-state index contributed by atoms with van der Waals surface area (Å²) in [6, 6.07) is 14.4. The van der Waals surface area contributed by atoms with Crippen LogP contribution in [0.25, 0.3) is 22.2 Å². The Morgan fingerprint density at radius 2 is 1.86 bits per heavy atom. The van der Waals surface area contributed by atoms with Crippen molar-refractivity contribution in [3.8, 4) is 17.0 Å². The molecule has 2 aliphatic rings. The quantitative estimate of drug-likeness (QED) is 0.272. The molecule has 8 heteroatoms. The van der Waals surface area contributed by atoms with Crippen molar-refractivity contribution in [2.45, 2.75) is 84.3 Å². The molecule has 1 amide bonds. The van der Waals surface area contributed by atoms with Gasteiger partial charge in [0.2, 0.25) is 0 Å². The number of para-hydroxylation sites is 1. The van der Waals surface area contributed by atoms with E-state index in [0.29, 0.717) is 30.5 Å². The molecule has 42 heavy (non-hydrogen) atoms. The van der Waals surface area contributed by atoms with E-state index in [1.807, 2.05) is 50.5 Å². The van der Waals surface area contributed by atoms with E-state index in [1.54, 1.807) is 0 Å². The summed E-state index contributed by atoms with van der Waals surface area (Å²) in [4.78, 5) is 30.7. The highest BCUT2D eigenvalue weighted by Crippen LogP contribution is 2.47. The lowest BCUT2D eigenvalue weighted by molar-refractivity contribution is -0.141. The molecule has 2 aromatic carbocycles. The van der Waals surface area contributed by atoms with Gasteiger partial charge in [-0.2, -0.15) is 0 Å². The molecule has 2 aromatic heterocycles. The van der Waals surface area contributed by atoms with Crippen LogP contribution in [0.15, 0.2) is 42.5 Å². The summed E-state index contributed by atoms with van der Waals surface area (Å²) < 4.78 is 15.3. The third kappa shape index (κ3) is 4.86. The molecule has 4 aromatic rings. The van der Waals surface area contributed by atoms with Crippen LogP contribution in [0, 0.1) is 13.8 Å². The van der Waals surface area contributed by atoms with Crippen molar-refractivity contribution in [2.75, 3.05) is 13.7 Å². The van der Waals surface area contributed by atoms with Gasteiger partial charge in [0.05, 0.1) is 30.6 Å². The van der Waals surface area contributed by atoms with E-state index >= 15 is 0 Å². The number of amides is 1. The first kappa shape index (κ1) is 28.1. The van der Waals surface area contributed by atoms with Crippen LogP contribution in [0.3, 0.4) is 0 Å². The van der Waals surface area contributed by atoms with Crippen LogP contribution in [0.4, 0.5) is 0 Å². The molecular weight excluding hydrogens is 528 g/mol. The summed E-state index contributed by atoms with van der Waals surface area (Å²) in [6.07, 6.45) is 6.15. The molecule has 8 nitrogen and oxygen atoms in total. The van der Waals surface area contributed by atoms with Gasteiger partial charge >= 0.3 is 5.97 Å². The van der Waals surface area contributed by atoms with E-state index in [9.17, 15) is 9.59 Å². The van der Waals surface area contributed by atoms with Crippen molar-refractivity contribution in [2.24, 2.45) is 0 Å². The third-order valence-corrected chi connectivity index (χ3v) is 9.05. The van der Waals surface area contributed by atoms with Crippen molar-refractivity contribution in [1.29, 1.82) is 0 Å². The second-order valence-corrected chi connectivity index (χ2v) is 12.2. The first-order chi connectivity index (χ1) is 20.2. The van der Waals surface area contributed by atoms with E-state index in [1.165, 1.54) is 55.9 Å². The van der Waals surface area contributed by atoms with E-state index in [-0.39, 0.29) is 18.4 Å². The van der Waals surface area contributed by atoms with Crippen molar-refractivity contribution >= 4 is 22.8 Å². The zero-order chi connectivity index (χ0) is 29.6. The first-order valence-electron chi connectivity index (χ1n) is 15.0. The van der Waals surface area contributed by atoms with Crippen LogP contribution in [0.2, 0.25) is 0 Å². The summed E-state index contributed by atoms with van der Waals surface area (Å²) in [6.45, 7) is 8.98. The fourth-order valence-electron chi connectivity index (χ4n) is 6.81. The predicted octanol–water partition coefficient (Wildman–Crippen LogP) is 6.40. The molecule has 3 heterocycles. The largest absolute Gasteiger partial charge is 0.491 e. The van der Waals surface area contributed by atoms with Crippen LogP contribution in [0.5, 0.6) is 5.75 Å². The lowest BCUT2D eigenvalue weighted by Gasteiger charge is -2.27. The molecule has 0 atom stereocenters. The van der Waals surface area contributed by atoms with Crippen molar-refractivity contribution in [3.05, 3.63) is 70.8 Å². The SMILES string of the molecule is COC(=O)Cn1c(C(C)(C)NC(=O)c2ccc3c(C4CCCCC4)c4n(c3c2)CCOc2ccccc2-4)nc(C)c1C. The number of hydrogen-bond acceptors (Lipinski definition) is 5. The number of esters is 1. The topological polar surface area (TPSA) is 87.4 Å². The summed E-state index contributed by atoms with van der Waals surface area (Å²) in [7, 11) is 1.37. The monoisotopic (exact) mass is 568 g/mol. The summed E-state index contributed by atoms with van der Waals surface area (Å²) in [5.74, 6) is 1.47. The average Bonchev–Trinajstić information content (AvgIpc) is 3.38. The minimum atomic E-state index is -0.838. The molecule has 0 spiro atoms. The second-order valence-electron chi connectivity index (χ2n) is 12.2. The van der Waals surface area contributed by atoms with Gasteiger partial charge < -0.3 is 23.9 Å². The van der Waals surface area contributed by atoms with E-state index < -0.39 is 5.54 Å². The molecule has 0 bridgehead atoms. The Hall–Kier alpha value is -4.07. The van der Waals surface area contributed by atoms with Crippen LogP contribution in [-0.4, -0.2) is 39.7 Å². The zero-order valence-electron chi connectivity index (χ0n) is 25.3. The van der Waals surface area contributed by atoms with E-state index in [4.69, 9.17) is 14.5 Å². The van der Waals surface area contributed by atoms with E-state index in [0.717, 1.165) is 28.2 Å². The number of aromatic nitrogens is 3. The molecule has 1 aliphatic carbocycles. The molecule has 6 rings (SSSR count). The number of imidazole rings is 1. The normalized spacial score (nSPS) is 15.5. The van der Waals surface area contributed by atoms with Crippen LogP contribution in [-0.2, 0) is 28.2 Å². The summed E-state index contributed by atoms with van der Waals surface area (Å²) >= 11 is 0. The fourth-order valence-corrected chi connectivity index (χ4v) is 6.81. The fraction of sp³-hybridized carbons (Fsp3) is 0.441. The number of ether oxygens (including phenoxy) is 2. The highest BCUT2D eigenvalue weighted by molar-refractivity contribution is 6.01. The number of fused-ring (bicyclic) bond motifs is 5. The Bertz CT molecular complexity index is 1670. The van der Waals surface area contributed by atoms with Gasteiger partial charge in [-0.15, -0.1) is 0 Å². The lowest BCUT2D eigenvalue weighted by Crippen LogP contribution is -2.43. The van der Waals surface area contributed by atoms with Crippen molar-refractivity contribution < 1.29 is 19.1 Å². The highest BCUT2D eigenvalue weighted by atomic mass is 16.5. The molecule has 220 valence electrons. The zero-order valence-corrected chi connectivity index (χ0v) is 25.3. The molecule has 1 saturated carbocycles. The van der Waals surface area contributed by atoms with Gasteiger partial charge in [-0.05, 0) is 76.3 Å². The number of methoxy groups -OCH3 is 1. The van der Waals surface area contributed by atoms with Gasteiger partial charge in [-0.25, -0.2) is 4.98 Å². The third-order valence-electron chi connectivity index (χ3n) is 9.05. The number of nitrogens with zero attached hydrogens (tertiary/aromatic N) is 3. The summed E-state index contributed by atoms with van der Waals surface area (Å²) in [5, 5.41) is 4.42. The minimum absolute atomic E-state index is 0.0353. The van der Waals surface area contributed by atoms with Gasteiger partial charge in [0.1, 0.15) is 24.7 Å². The number of hydrogen-bond donors (Lipinski definition) is 1. The van der Waals surface area contributed by atoms with Gasteiger partial charge in [-0.1, -0.05) is 37.5 Å². The predicted molar refractivity (Wildman–Crippen MR) is 163 cm³/mol. The van der Waals surface area contributed by atoms with Gasteiger partial charge in [0.25, 0.3) is 5.91 Å². The maximum atomic E-state index is 13.8. The minimum Gasteiger partial charge on any atom is -0.491 e. The Labute approximate surface area is 247 Å². The summed E-state index contributed by atoms with van der Waals surface area (Å²) in [5.41, 5.74) is 6.25. The molecule has 0 unspecified atom stereocenters. The Morgan fingerprint density at radius 1 is 1.10 bits per heavy atom. The lowest BCUT2D eigenvalue weighted by atomic mass is 9.81. The van der Waals surface area contributed by atoms with Gasteiger partial charge in [-0.3, -0.25) is 9.59 Å². The Morgan fingerprint density at radius 3 is 2.62 bits per heavy atom. The number of carbonyl (C=O) groups excluding carboxylic acids is 2. The van der Waals surface area contributed by atoms with Crippen LogP contribution in [0.1, 0.15) is 85.0 Å². The second kappa shape index (κ2) is 11.0. The van der Waals surface area contributed by atoms with Gasteiger partial charge in [0, 0.05) is 27.7 Å². The van der Waals surface area contributed by atoms with E-state index in [2.05, 4.69) is 34.1 Å². The Kier molecular flexibility index (Phi) is 7.33. The maximum Gasteiger partial charge on any atom is 0.325 e. The number of nitrogens with one attached hydrogen (secondary N) is 1. The maximum absolute atomic E-state index is 13.8.